The zero-order valence-corrected chi connectivity index (χ0v) is 15.8. The molecule has 0 aliphatic rings. The molecule has 1 atom stereocenters. The Labute approximate surface area is 168 Å². The predicted molar refractivity (Wildman–Crippen MR) is 89.0 cm³/mol. The van der Waals surface area contributed by atoms with Crippen molar-refractivity contribution in [2.24, 2.45) is 0 Å². The van der Waals surface area contributed by atoms with Gasteiger partial charge in [-0.05, 0) is 24.6 Å². The van der Waals surface area contributed by atoms with E-state index in [9.17, 15) is 35.9 Å². The summed E-state index contributed by atoms with van der Waals surface area (Å²) >= 11 is 11.7. The first-order valence-corrected chi connectivity index (χ1v) is 8.55. The van der Waals surface area contributed by atoms with Crippen molar-refractivity contribution in [3.05, 3.63) is 44.8 Å². The SMILES string of the molecule is CCOC(=O)C(Cl)Cc1cc(-n2nc(C(F)(F)F)n(C(F)F)c2=O)c(F)cc1Cl. The first-order valence-electron chi connectivity index (χ1n) is 7.74. The average molecular weight is 466 g/mol. The number of hydrogen-bond acceptors (Lipinski definition) is 4. The predicted octanol–water partition coefficient (Wildman–Crippen LogP) is 3.95. The van der Waals surface area contributed by atoms with Gasteiger partial charge in [-0.3, -0.25) is 4.79 Å². The van der Waals surface area contributed by atoms with E-state index in [0.29, 0.717) is 6.07 Å². The fourth-order valence-corrected chi connectivity index (χ4v) is 2.77. The summed E-state index contributed by atoms with van der Waals surface area (Å²) in [6, 6.07) is 1.42. The highest BCUT2D eigenvalue weighted by atomic mass is 35.5. The van der Waals surface area contributed by atoms with Crippen LogP contribution in [0.15, 0.2) is 16.9 Å². The van der Waals surface area contributed by atoms with Gasteiger partial charge in [0, 0.05) is 11.4 Å². The number of halogens is 8. The lowest BCUT2D eigenvalue weighted by molar-refractivity contribution is -0.152. The van der Waals surface area contributed by atoms with E-state index < -0.39 is 51.7 Å². The number of carbonyl (C=O) groups excluding carboxylic acids is 1. The molecular formula is C15H11Cl2F6N3O3. The van der Waals surface area contributed by atoms with Crippen molar-refractivity contribution in [1.29, 1.82) is 0 Å². The highest BCUT2D eigenvalue weighted by Crippen LogP contribution is 2.30. The molecule has 2 aromatic rings. The fraction of sp³-hybridized carbons (Fsp3) is 0.400. The summed E-state index contributed by atoms with van der Waals surface area (Å²) in [5.41, 5.74) is -2.86. The van der Waals surface area contributed by atoms with Gasteiger partial charge in [-0.15, -0.1) is 16.7 Å². The van der Waals surface area contributed by atoms with Crippen molar-refractivity contribution in [2.45, 2.75) is 31.4 Å². The van der Waals surface area contributed by atoms with E-state index >= 15 is 0 Å². The molecule has 1 heterocycles. The van der Waals surface area contributed by atoms with Crippen molar-refractivity contribution in [2.75, 3.05) is 6.61 Å². The molecule has 0 radical (unpaired) electrons. The molecule has 0 saturated heterocycles. The summed E-state index contributed by atoms with van der Waals surface area (Å²) in [7, 11) is 0. The number of alkyl halides is 6. The molecule has 1 aromatic carbocycles. The van der Waals surface area contributed by atoms with E-state index in [-0.39, 0.29) is 28.3 Å². The van der Waals surface area contributed by atoms with E-state index in [1.54, 1.807) is 0 Å². The maximum Gasteiger partial charge on any atom is 0.451 e. The second-order valence-electron chi connectivity index (χ2n) is 5.48. The minimum atomic E-state index is -5.41. The molecular weight excluding hydrogens is 455 g/mol. The molecule has 6 nitrogen and oxygen atoms in total. The third-order valence-corrected chi connectivity index (χ3v) is 4.23. The Morgan fingerprint density at radius 2 is 1.93 bits per heavy atom. The van der Waals surface area contributed by atoms with E-state index in [1.807, 2.05) is 0 Å². The lowest BCUT2D eigenvalue weighted by Crippen LogP contribution is -2.27. The van der Waals surface area contributed by atoms with Crippen molar-refractivity contribution in [3.63, 3.8) is 0 Å². The fourth-order valence-electron chi connectivity index (χ4n) is 2.31. The average Bonchev–Trinajstić information content (AvgIpc) is 2.95. The van der Waals surface area contributed by atoms with Gasteiger partial charge in [-0.1, -0.05) is 11.6 Å². The van der Waals surface area contributed by atoms with Crippen molar-refractivity contribution in [3.8, 4) is 5.69 Å². The van der Waals surface area contributed by atoms with Crippen LogP contribution < -0.4 is 5.69 Å². The third-order valence-electron chi connectivity index (χ3n) is 3.54. The number of aromatic nitrogens is 3. The van der Waals surface area contributed by atoms with Crippen LogP contribution in [0.25, 0.3) is 5.69 Å². The maximum absolute atomic E-state index is 14.3. The molecule has 14 heteroatoms. The Hall–Kier alpha value is -2.21. The summed E-state index contributed by atoms with van der Waals surface area (Å²) in [5, 5.41) is 1.25. The topological polar surface area (TPSA) is 66.1 Å². The van der Waals surface area contributed by atoms with Crippen LogP contribution >= 0.6 is 23.2 Å². The summed E-state index contributed by atoms with van der Waals surface area (Å²) in [5.74, 6) is -4.36. The summed E-state index contributed by atoms with van der Waals surface area (Å²) < 4.78 is 82.6. The van der Waals surface area contributed by atoms with Crippen LogP contribution in [0.5, 0.6) is 0 Å². The quantitative estimate of drug-likeness (QED) is 0.368. The molecule has 29 heavy (non-hydrogen) atoms. The van der Waals surface area contributed by atoms with E-state index in [4.69, 9.17) is 23.2 Å². The minimum absolute atomic E-state index is 0.0190. The highest BCUT2D eigenvalue weighted by molar-refractivity contribution is 6.32. The van der Waals surface area contributed by atoms with Gasteiger partial charge in [0.05, 0.1) is 6.61 Å². The first kappa shape index (κ1) is 23.1. The highest BCUT2D eigenvalue weighted by Gasteiger charge is 2.41. The molecule has 0 N–H and O–H groups in total. The Morgan fingerprint density at radius 1 is 1.31 bits per heavy atom. The standard InChI is InChI=1S/C15H11Cl2F6N3O3/c1-2-29-11(27)8(17)3-6-4-10(9(18)5-7(6)16)26-14(28)25(13(19)20)12(24-26)15(21,22)23/h4-5,8,13H,2-3H2,1H3. The van der Waals surface area contributed by atoms with Crippen molar-refractivity contribution < 1.29 is 35.9 Å². The molecule has 0 aliphatic heterocycles. The van der Waals surface area contributed by atoms with Gasteiger partial charge in [0.15, 0.2) is 5.82 Å². The molecule has 0 fully saturated rings. The van der Waals surface area contributed by atoms with Crippen LogP contribution in [0.3, 0.4) is 0 Å². The van der Waals surface area contributed by atoms with E-state index in [2.05, 4.69) is 9.84 Å². The van der Waals surface area contributed by atoms with Crippen LogP contribution in [0.4, 0.5) is 26.3 Å². The number of rotatable bonds is 6. The van der Waals surface area contributed by atoms with Crippen LogP contribution in [0, 0.1) is 5.82 Å². The second-order valence-corrected chi connectivity index (χ2v) is 6.42. The van der Waals surface area contributed by atoms with Crippen molar-refractivity contribution >= 4 is 29.2 Å². The van der Waals surface area contributed by atoms with Gasteiger partial charge < -0.3 is 4.74 Å². The smallest absolute Gasteiger partial charge is 0.451 e. The molecule has 2 rings (SSSR count). The van der Waals surface area contributed by atoms with E-state index in [1.165, 1.54) is 6.92 Å². The van der Waals surface area contributed by atoms with Gasteiger partial charge in [-0.2, -0.15) is 26.6 Å². The van der Waals surface area contributed by atoms with Gasteiger partial charge in [0.25, 0.3) is 0 Å². The van der Waals surface area contributed by atoms with Crippen LogP contribution in [-0.4, -0.2) is 32.3 Å². The Kier molecular flexibility index (Phi) is 6.89. The molecule has 0 aliphatic carbocycles. The minimum Gasteiger partial charge on any atom is -0.465 e. The van der Waals surface area contributed by atoms with Crippen molar-refractivity contribution in [1.82, 2.24) is 14.3 Å². The monoisotopic (exact) mass is 465 g/mol. The number of nitrogens with zero attached hydrogens (tertiary/aromatic N) is 3. The zero-order chi connectivity index (χ0) is 22.1. The number of ether oxygens (including phenoxy) is 1. The molecule has 0 saturated carbocycles. The molecule has 1 unspecified atom stereocenters. The molecule has 0 spiro atoms. The summed E-state index contributed by atoms with van der Waals surface area (Å²) in [4.78, 5) is 23.6. The normalized spacial score (nSPS) is 13.0. The van der Waals surface area contributed by atoms with E-state index in [0.717, 1.165) is 6.07 Å². The van der Waals surface area contributed by atoms with Crippen LogP contribution in [0.1, 0.15) is 24.9 Å². The molecule has 160 valence electrons. The number of carbonyl (C=O) groups is 1. The van der Waals surface area contributed by atoms with Gasteiger partial charge in [0.1, 0.15) is 11.1 Å². The third kappa shape index (κ3) is 4.86. The lowest BCUT2D eigenvalue weighted by atomic mass is 10.1. The van der Waals surface area contributed by atoms with Gasteiger partial charge >= 0.3 is 24.4 Å². The molecule has 0 amide bonds. The van der Waals surface area contributed by atoms with Gasteiger partial charge in [-0.25, -0.2) is 13.8 Å². The second kappa shape index (κ2) is 8.66. The molecule has 0 bridgehead atoms. The number of esters is 1. The Bertz CT molecular complexity index is 973. The summed E-state index contributed by atoms with van der Waals surface area (Å²) in [6.45, 7) is -2.33. The lowest BCUT2D eigenvalue weighted by Gasteiger charge is -2.12. The largest absolute Gasteiger partial charge is 0.465 e. The van der Waals surface area contributed by atoms with Crippen LogP contribution in [0.2, 0.25) is 5.02 Å². The summed E-state index contributed by atoms with van der Waals surface area (Å²) in [6.07, 6.45) is -5.75. The molecule has 1 aromatic heterocycles. The maximum atomic E-state index is 14.3. The zero-order valence-electron chi connectivity index (χ0n) is 14.3. The van der Waals surface area contributed by atoms with Crippen LogP contribution in [-0.2, 0) is 22.1 Å². The number of benzene rings is 1. The Balaban J connectivity index is 2.59. The number of hydrogen-bond donors (Lipinski definition) is 0. The Morgan fingerprint density at radius 3 is 2.41 bits per heavy atom. The van der Waals surface area contributed by atoms with Gasteiger partial charge in [0.2, 0.25) is 5.82 Å². The first-order chi connectivity index (χ1) is 13.4.